The highest BCUT2D eigenvalue weighted by atomic mass is 35.5. The third-order valence-electron chi connectivity index (χ3n) is 1.38. The number of halogens is 1. The fraction of sp³-hybridized carbons (Fsp3) is 0. The number of carbonyl (C=O) groups is 1. The molecule has 0 radical (unpaired) electrons. The molecule has 0 saturated carbocycles. The molecule has 0 heterocycles. The molecule has 0 atom stereocenters. The lowest BCUT2D eigenvalue weighted by Gasteiger charge is -1.94. The van der Waals surface area contributed by atoms with Crippen LogP contribution in [0.15, 0.2) is 29.3 Å². The molecule has 1 rings (SSSR count). The van der Waals surface area contributed by atoms with Crippen LogP contribution in [0.5, 0.6) is 0 Å². The standard InChI is InChI=1S/C8H8ClN3O/c9-8(13)6-1-3-7(4-2-6)11-5-12-10/h1-5H,10H2,(H,11,12). The molecule has 0 aliphatic rings. The summed E-state index contributed by atoms with van der Waals surface area (Å²) >= 11 is 5.25. The first-order valence-electron chi connectivity index (χ1n) is 3.52. The number of benzene rings is 1. The maximum atomic E-state index is 10.7. The Bertz CT molecular complexity index is 321. The average molecular weight is 198 g/mol. The van der Waals surface area contributed by atoms with Crippen LogP contribution in [0.1, 0.15) is 10.4 Å². The quantitative estimate of drug-likeness (QED) is 0.252. The second kappa shape index (κ2) is 4.59. The van der Waals surface area contributed by atoms with Crippen LogP contribution in [0.3, 0.4) is 0 Å². The van der Waals surface area contributed by atoms with Gasteiger partial charge in [0.15, 0.2) is 0 Å². The van der Waals surface area contributed by atoms with E-state index in [9.17, 15) is 4.79 Å². The summed E-state index contributed by atoms with van der Waals surface area (Å²) in [5, 5.41) is -0.479. The van der Waals surface area contributed by atoms with Crippen molar-refractivity contribution in [1.29, 1.82) is 0 Å². The Kier molecular flexibility index (Phi) is 3.42. The lowest BCUT2D eigenvalue weighted by molar-refractivity contribution is 0.108. The van der Waals surface area contributed by atoms with Gasteiger partial charge in [0.05, 0.1) is 5.69 Å². The summed E-state index contributed by atoms with van der Waals surface area (Å²) in [5.74, 6) is 4.98. The second-order valence-electron chi connectivity index (χ2n) is 2.25. The van der Waals surface area contributed by atoms with Gasteiger partial charge < -0.3 is 5.43 Å². The molecule has 0 bridgehead atoms. The van der Waals surface area contributed by atoms with E-state index in [1.54, 1.807) is 24.3 Å². The van der Waals surface area contributed by atoms with Crippen LogP contribution in [-0.2, 0) is 0 Å². The van der Waals surface area contributed by atoms with E-state index in [2.05, 4.69) is 10.4 Å². The van der Waals surface area contributed by atoms with Crippen molar-refractivity contribution in [3.63, 3.8) is 0 Å². The Hall–Kier alpha value is -1.39. The van der Waals surface area contributed by atoms with Gasteiger partial charge in [0.25, 0.3) is 5.24 Å². The predicted octanol–water partition coefficient (Wildman–Crippen LogP) is 1.19. The van der Waals surface area contributed by atoms with E-state index >= 15 is 0 Å². The van der Waals surface area contributed by atoms with E-state index < -0.39 is 5.24 Å². The van der Waals surface area contributed by atoms with E-state index in [0.29, 0.717) is 11.3 Å². The molecule has 1 aromatic carbocycles. The number of nitrogens with two attached hydrogens (primary N) is 1. The van der Waals surface area contributed by atoms with Gasteiger partial charge in [0.2, 0.25) is 0 Å². The topological polar surface area (TPSA) is 67.5 Å². The molecule has 0 aliphatic carbocycles. The molecule has 3 N–H and O–H groups in total. The highest BCUT2D eigenvalue weighted by molar-refractivity contribution is 6.67. The number of hydrazine groups is 1. The number of rotatable bonds is 3. The summed E-state index contributed by atoms with van der Waals surface area (Å²) in [5.41, 5.74) is 3.41. The fourth-order valence-electron chi connectivity index (χ4n) is 0.790. The molecule has 0 fully saturated rings. The van der Waals surface area contributed by atoms with Gasteiger partial charge in [0.1, 0.15) is 6.34 Å². The van der Waals surface area contributed by atoms with Crippen LogP contribution in [0, 0.1) is 0 Å². The van der Waals surface area contributed by atoms with Gasteiger partial charge in [-0.1, -0.05) is 0 Å². The summed E-state index contributed by atoms with van der Waals surface area (Å²) in [6.07, 6.45) is 1.34. The number of nitrogens with zero attached hydrogens (tertiary/aromatic N) is 1. The molecule has 13 heavy (non-hydrogen) atoms. The minimum Gasteiger partial charge on any atom is -0.315 e. The Labute approximate surface area is 80.4 Å². The molecule has 68 valence electrons. The van der Waals surface area contributed by atoms with E-state index in [1.165, 1.54) is 6.34 Å². The van der Waals surface area contributed by atoms with Crippen molar-refractivity contribution in [2.75, 3.05) is 0 Å². The Morgan fingerprint density at radius 3 is 2.54 bits per heavy atom. The van der Waals surface area contributed by atoms with Crippen LogP contribution in [0.4, 0.5) is 5.69 Å². The summed E-state index contributed by atoms with van der Waals surface area (Å²) in [4.78, 5) is 14.6. The fourth-order valence-corrected chi connectivity index (χ4v) is 0.916. The minimum atomic E-state index is -0.479. The van der Waals surface area contributed by atoms with E-state index in [1.807, 2.05) is 0 Å². The molecular weight excluding hydrogens is 190 g/mol. The number of hydrogen-bond acceptors (Lipinski definition) is 3. The van der Waals surface area contributed by atoms with E-state index in [0.717, 1.165) is 0 Å². The van der Waals surface area contributed by atoms with Crippen molar-refractivity contribution in [2.24, 2.45) is 10.8 Å². The second-order valence-corrected chi connectivity index (χ2v) is 2.59. The van der Waals surface area contributed by atoms with Crippen LogP contribution in [0.25, 0.3) is 0 Å². The number of hydrogen-bond donors (Lipinski definition) is 2. The van der Waals surface area contributed by atoms with E-state index in [4.69, 9.17) is 17.4 Å². The molecule has 0 aliphatic heterocycles. The van der Waals surface area contributed by atoms with Gasteiger partial charge in [-0.3, -0.25) is 4.79 Å². The molecule has 5 heteroatoms. The Morgan fingerprint density at radius 2 is 2.08 bits per heavy atom. The summed E-state index contributed by atoms with van der Waals surface area (Å²) in [7, 11) is 0. The normalized spacial score (nSPS) is 10.3. The summed E-state index contributed by atoms with van der Waals surface area (Å²) < 4.78 is 0. The maximum absolute atomic E-state index is 10.7. The van der Waals surface area contributed by atoms with Crippen molar-refractivity contribution in [3.8, 4) is 0 Å². The van der Waals surface area contributed by atoms with Gasteiger partial charge in [-0.2, -0.15) is 0 Å². The zero-order valence-electron chi connectivity index (χ0n) is 6.70. The predicted molar refractivity (Wildman–Crippen MR) is 52.1 cm³/mol. The zero-order chi connectivity index (χ0) is 9.68. The minimum absolute atomic E-state index is 0.446. The van der Waals surface area contributed by atoms with Gasteiger partial charge in [-0.15, -0.1) is 0 Å². The SMILES string of the molecule is NNC=Nc1ccc(C(=O)Cl)cc1. The molecule has 0 amide bonds. The third-order valence-corrected chi connectivity index (χ3v) is 1.60. The summed E-state index contributed by atoms with van der Waals surface area (Å²) in [6, 6.07) is 6.53. The van der Waals surface area contributed by atoms with Crippen LogP contribution < -0.4 is 11.3 Å². The molecule has 0 aromatic heterocycles. The Morgan fingerprint density at radius 1 is 1.46 bits per heavy atom. The largest absolute Gasteiger partial charge is 0.315 e. The molecule has 4 nitrogen and oxygen atoms in total. The van der Waals surface area contributed by atoms with Crippen molar-refractivity contribution in [1.82, 2.24) is 5.43 Å². The highest BCUT2D eigenvalue weighted by Gasteiger charge is 1.99. The summed E-state index contributed by atoms with van der Waals surface area (Å²) in [6.45, 7) is 0. The van der Waals surface area contributed by atoms with Crippen molar-refractivity contribution in [2.45, 2.75) is 0 Å². The Balaban J connectivity index is 2.81. The first-order chi connectivity index (χ1) is 6.24. The molecular formula is C8H8ClN3O. The molecule has 0 spiro atoms. The number of carbonyl (C=O) groups excluding carboxylic acids is 1. The first-order valence-corrected chi connectivity index (χ1v) is 3.90. The maximum Gasteiger partial charge on any atom is 0.252 e. The van der Waals surface area contributed by atoms with Crippen molar-refractivity contribution in [3.05, 3.63) is 29.8 Å². The smallest absolute Gasteiger partial charge is 0.252 e. The first kappa shape index (κ1) is 9.70. The van der Waals surface area contributed by atoms with Crippen LogP contribution in [0.2, 0.25) is 0 Å². The van der Waals surface area contributed by atoms with Crippen molar-refractivity contribution < 1.29 is 4.79 Å². The lowest BCUT2D eigenvalue weighted by atomic mass is 10.2. The third kappa shape index (κ3) is 2.85. The van der Waals surface area contributed by atoms with Crippen LogP contribution >= 0.6 is 11.6 Å². The van der Waals surface area contributed by atoms with E-state index in [-0.39, 0.29) is 0 Å². The number of aliphatic imine (C=N–C) groups is 1. The molecule has 0 saturated heterocycles. The van der Waals surface area contributed by atoms with Crippen LogP contribution in [-0.4, -0.2) is 11.6 Å². The van der Waals surface area contributed by atoms with Gasteiger partial charge >= 0.3 is 0 Å². The van der Waals surface area contributed by atoms with Gasteiger partial charge in [0, 0.05) is 5.56 Å². The molecule has 1 aromatic rings. The van der Waals surface area contributed by atoms with Gasteiger partial charge in [-0.25, -0.2) is 10.8 Å². The monoisotopic (exact) mass is 197 g/mol. The molecule has 0 unspecified atom stereocenters. The van der Waals surface area contributed by atoms with Gasteiger partial charge in [-0.05, 0) is 35.9 Å². The number of nitrogens with one attached hydrogen (secondary N) is 1. The zero-order valence-corrected chi connectivity index (χ0v) is 7.45. The average Bonchev–Trinajstić information content (AvgIpc) is 2.15. The lowest BCUT2D eigenvalue weighted by Crippen LogP contribution is -2.18. The van der Waals surface area contributed by atoms with Crippen molar-refractivity contribution >= 4 is 28.9 Å². The highest BCUT2D eigenvalue weighted by Crippen LogP contribution is 2.13.